The highest BCUT2D eigenvalue weighted by Crippen LogP contribution is 2.33. The van der Waals surface area contributed by atoms with E-state index in [1.54, 1.807) is 0 Å². The number of rotatable bonds is 9. The Balaban J connectivity index is 0.00000420. The van der Waals surface area contributed by atoms with Crippen LogP contribution in [0.2, 0.25) is 0 Å². The van der Waals surface area contributed by atoms with Gasteiger partial charge in [-0.05, 0) is 36.7 Å². The van der Waals surface area contributed by atoms with E-state index in [4.69, 9.17) is 9.47 Å². The van der Waals surface area contributed by atoms with Crippen LogP contribution in [0, 0.1) is 11.3 Å². The molecule has 0 amide bonds. The second-order valence-corrected chi connectivity index (χ2v) is 8.64. The summed E-state index contributed by atoms with van der Waals surface area (Å²) in [6, 6.07) is 10.5. The zero-order chi connectivity index (χ0) is 20.2. The predicted molar refractivity (Wildman–Crippen MR) is 132 cm³/mol. The molecule has 1 heterocycles. The molecule has 2 atom stereocenters. The van der Waals surface area contributed by atoms with Crippen LogP contribution in [0.4, 0.5) is 0 Å². The molecule has 2 N–H and O–H groups in total. The lowest BCUT2D eigenvalue weighted by molar-refractivity contribution is -0.0835. The van der Waals surface area contributed by atoms with Crippen molar-refractivity contribution < 1.29 is 9.47 Å². The number of hydrogen-bond acceptors (Lipinski definition) is 3. The molecule has 1 aromatic carbocycles. The highest BCUT2D eigenvalue weighted by molar-refractivity contribution is 14.0. The Morgan fingerprint density at radius 2 is 1.93 bits per heavy atom. The van der Waals surface area contributed by atoms with Gasteiger partial charge in [-0.3, -0.25) is 4.99 Å². The summed E-state index contributed by atoms with van der Waals surface area (Å²) < 4.78 is 11.8. The predicted octanol–water partition coefficient (Wildman–Crippen LogP) is 4.26. The average molecular weight is 517 g/mol. The number of halogens is 1. The summed E-state index contributed by atoms with van der Waals surface area (Å²) in [5.41, 5.74) is 1.49. The van der Waals surface area contributed by atoms with Crippen LogP contribution in [-0.2, 0) is 15.9 Å². The fourth-order valence-corrected chi connectivity index (χ4v) is 3.78. The molecule has 0 aliphatic carbocycles. The molecule has 1 aliphatic heterocycles. The van der Waals surface area contributed by atoms with Crippen LogP contribution in [0.5, 0.6) is 0 Å². The lowest BCUT2D eigenvalue weighted by atomic mass is 9.78. The van der Waals surface area contributed by atoms with Gasteiger partial charge in [0.05, 0.1) is 12.7 Å². The van der Waals surface area contributed by atoms with Crippen molar-refractivity contribution in [2.24, 2.45) is 16.3 Å². The first-order valence-electron chi connectivity index (χ1n) is 10.7. The molecule has 166 valence electrons. The lowest BCUT2D eigenvalue weighted by Gasteiger charge is -2.40. The molecule has 2 rings (SSSR count). The molecule has 5 nitrogen and oxygen atoms in total. The zero-order valence-corrected chi connectivity index (χ0v) is 20.9. The van der Waals surface area contributed by atoms with E-state index in [1.165, 1.54) is 12.0 Å². The number of hydrogen-bond donors (Lipinski definition) is 2. The van der Waals surface area contributed by atoms with E-state index in [-0.39, 0.29) is 29.4 Å². The molecule has 1 saturated heterocycles. The van der Waals surface area contributed by atoms with Crippen molar-refractivity contribution in [3.63, 3.8) is 0 Å². The van der Waals surface area contributed by atoms with E-state index in [9.17, 15) is 0 Å². The van der Waals surface area contributed by atoms with Gasteiger partial charge in [-0.25, -0.2) is 0 Å². The van der Waals surface area contributed by atoms with Crippen LogP contribution >= 0.6 is 24.0 Å². The van der Waals surface area contributed by atoms with Crippen molar-refractivity contribution in [1.29, 1.82) is 0 Å². The highest BCUT2D eigenvalue weighted by atomic mass is 127. The molecule has 1 aromatic rings. The lowest BCUT2D eigenvalue weighted by Crippen LogP contribution is -2.47. The van der Waals surface area contributed by atoms with Gasteiger partial charge in [0.1, 0.15) is 0 Å². The summed E-state index contributed by atoms with van der Waals surface area (Å²) in [6.45, 7) is 11.0. The Morgan fingerprint density at radius 1 is 1.17 bits per heavy atom. The number of ether oxygens (including phenoxy) is 2. The van der Waals surface area contributed by atoms with E-state index >= 15 is 0 Å². The van der Waals surface area contributed by atoms with Gasteiger partial charge in [-0.15, -0.1) is 24.0 Å². The quantitative estimate of drug-likeness (QED) is 0.223. The minimum Gasteiger partial charge on any atom is -0.381 e. The summed E-state index contributed by atoms with van der Waals surface area (Å²) in [4.78, 5) is 4.35. The normalized spacial score (nSPS) is 20.1. The minimum absolute atomic E-state index is 0. The van der Waals surface area contributed by atoms with Crippen molar-refractivity contribution >= 4 is 29.9 Å². The van der Waals surface area contributed by atoms with Gasteiger partial charge >= 0.3 is 0 Å². The van der Waals surface area contributed by atoms with Crippen molar-refractivity contribution in [2.75, 3.05) is 40.0 Å². The summed E-state index contributed by atoms with van der Waals surface area (Å²) in [5, 5.41) is 6.87. The maximum Gasteiger partial charge on any atom is 0.190 e. The smallest absolute Gasteiger partial charge is 0.190 e. The van der Waals surface area contributed by atoms with E-state index in [1.807, 2.05) is 13.1 Å². The van der Waals surface area contributed by atoms with Crippen LogP contribution in [0.25, 0.3) is 0 Å². The monoisotopic (exact) mass is 517 g/mol. The molecule has 29 heavy (non-hydrogen) atoms. The molecular formula is C23H40IN3O2. The molecule has 0 radical (unpaired) electrons. The number of aliphatic imine (C=N–C) groups is 1. The first-order chi connectivity index (χ1) is 13.5. The SMILES string of the molecule is CN=C(NCCCOCCc1ccccc1)NCC1CCCOC1C(C)(C)C.I. The third kappa shape index (κ3) is 10.1. The molecule has 0 bridgehead atoms. The summed E-state index contributed by atoms with van der Waals surface area (Å²) in [6.07, 6.45) is 4.58. The van der Waals surface area contributed by atoms with Crippen LogP contribution in [0.15, 0.2) is 35.3 Å². The molecule has 1 aliphatic rings. The summed E-state index contributed by atoms with van der Waals surface area (Å²) >= 11 is 0. The number of guanidine groups is 1. The fourth-order valence-electron chi connectivity index (χ4n) is 3.78. The van der Waals surface area contributed by atoms with Gasteiger partial charge in [0.25, 0.3) is 0 Å². The Hall–Kier alpha value is -0.860. The van der Waals surface area contributed by atoms with Crippen molar-refractivity contribution in [1.82, 2.24) is 10.6 Å². The largest absolute Gasteiger partial charge is 0.381 e. The number of benzene rings is 1. The molecule has 0 saturated carbocycles. The van der Waals surface area contributed by atoms with E-state index in [2.05, 4.69) is 60.7 Å². The summed E-state index contributed by atoms with van der Waals surface area (Å²) in [5.74, 6) is 1.39. The van der Waals surface area contributed by atoms with Crippen molar-refractivity contribution in [3.05, 3.63) is 35.9 Å². The number of nitrogens with one attached hydrogen (secondary N) is 2. The van der Waals surface area contributed by atoms with Crippen molar-refractivity contribution in [3.8, 4) is 0 Å². The zero-order valence-electron chi connectivity index (χ0n) is 18.6. The third-order valence-electron chi connectivity index (χ3n) is 5.19. The third-order valence-corrected chi connectivity index (χ3v) is 5.19. The van der Waals surface area contributed by atoms with Crippen LogP contribution in [0.3, 0.4) is 0 Å². The van der Waals surface area contributed by atoms with Gasteiger partial charge in [0, 0.05) is 39.3 Å². The second-order valence-electron chi connectivity index (χ2n) is 8.64. The Labute approximate surface area is 194 Å². The number of nitrogens with zero attached hydrogens (tertiary/aromatic N) is 1. The molecule has 2 unspecified atom stereocenters. The van der Waals surface area contributed by atoms with Gasteiger partial charge in [-0.2, -0.15) is 0 Å². The molecule has 6 heteroatoms. The maximum atomic E-state index is 6.07. The van der Waals surface area contributed by atoms with Crippen molar-refractivity contribution in [2.45, 2.75) is 52.6 Å². The summed E-state index contributed by atoms with van der Waals surface area (Å²) in [7, 11) is 1.82. The topological polar surface area (TPSA) is 54.9 Å². The van der Waals surface area contributed by atoms with E-state index in [0.29, 0.717) is 12.0 Å². The van der Waals surface area contributed by atoms with Gasteiger partial charge in [-0.1, -0.05) is 51.1 Å². The molecule has 0 spiro atoms. The van der Waals surface area contributed by atoms with Crippen LogP contribution in [-0.4, -0.2) is 52.0 Å². The highest BCUT2D eigenvalue weighted by Gasteiger charge is 2.35. The first-order valence-corrected chi connectivity index (χ1v) is 10.7. The standard InChI is InChI=1S/C23H39N3O2.HI/c1-23(2,3)21-20(12-8-16-28-21)18-26-22(24-4)25-14-9-15-27-17-13-19-10-6-5-7-11-19;/h5-7,10-11,20-21H,8-9,12-18H2,1-4H3,(H2,24,25,26);1H. The fraction of sp³-hybridized carbons (Fsp3) is 0.696. The van der Waals surface area contributed by atoms with Gasteiger partial charge in [0.15, 0.2) is 5.96 Å². The molecular weight excluding hydrogens is 477 g/mol. The van der Waals surface area contributed by atoms with E-state index in [0.717, 1.165) is 58.1 Å². The van der Waals surface area contributed by atoms with Crippen LogP contribution in [0.1, 0.15) is 45.6 Å². The van der Waals surface area contributed by atoms with E-state index < -0.39 is 0 Å². The van der Waals surface area contributed by atoms with Crippen LogP contribution < -0.4 is 10.6 Å². The molecule has 0 aromatic heterocycles. The first kappa shape index (κ1) is 26.2. The Morgan fingerprint density at radius 3 is 2.62 bits per heavy atom. The van der Waals surface area contributed by atoms with Gasteiger partial charge < -0.3 is 20.1 Å². The Kier molecular flexibility index (Phi) is 12.8. The second kappa shape index (κ2) is 14.2. The minimum atomic E-state index is 0. The average Bonchev–Trinajstić information content (AvgIpc) is 2.70. The Bertz CT molecular complexity index is 575. The maximum absolute atomic E-state index is 6.07. The van der Waals surface area contributed by atoms with Gasteiger partial charge in [0.2, 0.25) is 0 Å². The molecule has 1 fully saturated rings.